The molecule has 94 valence electrons. The van der Waals surface area contributed by atoms with Crippen molar-refractivity contribution in [2.24, 2.45) is 0 Å². The van der Waals surface area contributed by atoms with Crippen LogP contribution in [-0.2, 0) is 0 Å². The molecule has 0 unspecified atom stereocenters. The maximum atomic E-state index is 12.6. The molecule has 1 N–H and O–H groups in total. The highest BCUT2D eigenvalue weighted by Gasteiger charge is 2.09. The molecule has 17 heavy (non-hydrogen) atoms. The summed E-state index contributed by atoms with van der Waals surface area (Å²) in [6, 6.07) is 2.42. The molecule has 0 saturated heterocycles. The molecule has 0 saturated carbocycles. The third kappa shape index (κ3) is 4.78. The Balaban J connectivity index is 2.45. The van der Waals surface area contributed by atoms with Crippen LogP contribution in [0.1, 0.15) is 0 Å². The summed E-state index contributed by atoms with van der Waals surface area (Å²) in [7, 11) is 5.57. The van der Waals surface area contributed by atoms with Crippen molar-refractivity contribution in [1.29, 1.82) is 0 Å². The minimum Gasteiger partial charge on any atom is -0.326 e. The highest BCUT2D eigenvalue weighted by Crippen LogP contribution is 2.04. The Morgan fingerprint density at radius 3 is 2.59 bits per heavy atom. The highest BCUT2D eigenvalue weighted by molar-refractivity contribution is 5.88. The fourth-order valence-corrected chi connectivity index (χ4v) is 1.11. The lowest BCUT2D eigenvalue weighted by Gasteiger charge is -2.19. The maximum Gasteiger partial charge on any atom is 0.322 e. The van der Waals surface area contributed by atoms with Gasteiger partial charge < -0.3 is 9.80 Å². The number of hydrogen-bond acceptors (Lipinski definition) is 3. The summed E-state index contributed by atoms with van der Waals surface area (Å²) in [5, 5.41) is 2.58. The van der Waals surface area contributed by atoms with Gasteiger partial charge in [-0.1, -0.05) is 0 Å². The van der Waals surface area contributed by atoms with E-state index in [0.717, 1.165) is 12.7 Å². The van der Waals surface area contributed by atoms with E-state index in [4.69, 9.17) is 0 Å². The van der Waals surface area contributed by atoms with E-state index >= 15 is 0 Å². The van der Waals surface area contributed by atoms with Gasteiger partial charge in [0.25, 0.3) is 0 Å². The zero-order chi connectivity index (χ0) is 12.8. The molecule has 2 amide bonds. The van der Waals surface area contributed by atoms with Gasteiger partial charge in [-0.05, 0) is 26.2 Å². The molecule has 0 fully saturated rings. The number of amides is 2. The quantitative estimate of drug-likeness (QED) is 0.861. The Kier molecular flexibility index (Phi) is 4.84. The first-order valence-corrected chi connectivity index (χ1v) is 5.27. The average molecular weight is 240 g/mol. The van der Waals surface area contributed by atoms with Gasteiger partial charge in [-0.2, -0.15) is 0 Å². The molecule has 5 nitrogen and oxygen atoms in total. The molecule has 0 atom stereocenters. The van der Waals surface area contributed by atoms with Crippen LogP contribution >= 0.6 is 0 Å². The second-order valence-corrected chi connectivity index (χ2v) is 4.02. The molecule has 0 aliphatic heterocycles. The van der Waals surface area contributed by atoms with E-state index in [1.807, 2.05) is 19.0 Å². The molecule has 0 bridgehead atoms. The van der Waals surface area contributed by atoms with Crippen molar-refractivity contribution in [3.05, 3.63) is 24.1 Å². The number of nitrogens with one attached hydrogen (secondary N) is 1. The van der Waals surface area contributed by atoms with Gasteiger partial charge in [0, 0.05) is 20.1 Å². The van der Waals surface area contributed by atoms with Crippen molar-refractivity contribution in [1.82, 2.24) is 14.8 Å². The molecule has 0 aromatic carbocycles. The SMILES string of the molecule is CN(C)CCN(C)C(=O)Nc1ccc(F)cn1. The minimum absolute atomic E-state index is 0.258. The number of anilines is 1. The fraction of sp³-hybridized carbons (Fsp3) is 0.455. The second-order valence-electron chi connectivity index (χ2n) is 4.02. The van der Waals surface area contributed by atoms with Crippen LogP contribution in [0.15, 0.2) is 18.3 Å². The number of aromatic nitrogens is 1. The Bertz CT molecular complexity index is 366. The molecule has 1 aromatic heterocycles. The molecule has 0 aliphatic carbocycles. The lowest BCUT2D eigenvalue weighted by molar-refractivity contribution is 0.217. The smallest absolute Gasteiger partial charge is 0.322 e. The number of rotatable bonds is 4. The number of carbonyl (C=O) groups is 1. The van der Waals surface area contributed by atoms with Crippen LogP contribution in [-0.4, -0.2) is 55.0 Å². The van der Waals surface area contributed by atoms with E-state index in [0.29, 0.717) is 12.4 Å². The Labute approximate surface area is 100 Å². The minimum atomic E-state index is -0.427. The first kappa shape index (κ1) is 13.4. The van der Waals surface area contributed by atoms with Crippen molar-refractivity contribution >= 4 is 11.8 Å². The van der Waals surface area contributed by atoms with E-state index in [1.54, 1.807) is 11.9 Å². The van der Waals surface area contributed by atoms with Crippen LogP contribution in [0.25, 0.3) is 0 Å². The summed E-state index contributed by atoms with van der Waals surface area (Å²) in [4.78, 5) is 19.0. The van der Waals surface area contributed by atoms with Crippen molar-refractivity contribution < 1.29 is 9.18 Å². The number of nitrogens with zero attached hydrogens (tertiary/aromatic N) is 3. The maximum absolute atomic E-state index is 12.6. The van der Waals surface area contributed by atoms with Gasteiger partial charge in [-0.3, -0.25) is 5.32 Å². The van der Waals surface area contributed by atoms with Gasteiger partial charge in [0.2, 0.25) is 0 Å². The molecule has 0 radical (unpaired) electrons. The number of pyridine rings is 1. The molecule has 1 heterocycles. The number of urea groups is 1. The van der Waals surface area contributed by atoms with Crippen molar-refractivity contribution in [3.8, 4) is 0 Å². The monoisotopic (exact) mass is 240 g/mol. The average Bonchev–Trinajstić information content (AvgIpc) is 2.28. The van der Waals surface area contributed by atoms with Crippen molar-refractivity contribution in [3.63, 3.8) is 0 Å². The Morgan fingerprint density at radius 2 is 2.06 bits per heavy atom. The Morgan fingerprint density at radius 1 is 1.35 bits per heavy atom. The van der Waals surface area contributed by atoms with Gasteiger partial charge in [-0.15, -0.1) is 0 Å². The standard InChI is InChI=1S/C11H17FN4O/c1-15(2)6-7-16(3)11(17)14-10-5-4-9(12)8-13-10/h4-5,8H,6-7H2,1-3H3,(H,13,14,17). The number of carbonyl (C=O) groups excluding carboxylic acids is 1. The summed E-state index contributed by atoms with van der Waals surface area (Å²) < 4.78 is 12.6. The first-order valence-electron chi connectivity index (χ1n) is 5.27. The van der Waals surface area contributed by atoms with Crippen LogP contribution in [0.3, 0.4) is 0 Å². The van der Waals surface area contributed by atoms with Crippen LogP contribution in [0, 0.1) is 5.82 Å². The van der Waals surface area contributed by atoms with Crippen LogP contribution in [0.5, 0.6) is 0 Å². The number of halogens is 1. The van der Waals surface area contributed by atoms with Gasteiger partial charge in [0.15, 0.2) is 0 Å². The van der Waals surface area contributed by atoms with E-state index < -0.39 is 5.82 Å². The van der Waals surface area contributed by atoms with E-state index in [-0.39, 0.29) is 6.03 Å². The lowest BCUT2D eigenvalue weighted by Crippen LogP contribution is -2.36. The van der Waals surface area contributed by atoms with Crippen molar-refractivity contribution in [2.45, 2.75) is 0 Å². The second kappa shape index (κ2) is 6.15. The molecule has 6 heteroatoms. The molecule has 0 aliphatic rings. The predicted octanol–water partition coefficient (Wildman–Crippen LogP) is 1.25. The largest absolute Gasteiger partial charge is 0.326 e. The summed E-state index contributed by atoms with van der Waals surface area (Å²) in [5.41, 5.74) is 0. The third-order valence-electron chi connectivity index (χ3n) is 2.19. The zero-order valence-corrected chi connectivity index (χ0v) is 10.3. The first-order chi connectivity index (χ1) is 7.99. The third-order valence-corrected chi connectivity index (χ3v) is 2.19. The van der Waals surface area contributed by atoms with Crippen LogP contribution in [0.4, 0.5) is 15.0 Å². The molecule has 0 spiro atoms. The van der Waals surface area contributed by atoms with Crippen molar-refractivity contribution in [2.75, 3.05) is 39.5 Å². The topological polar surface area (TPSA) is 48.5 Å². The summed E-state index contributed by atoms with van der Waals surface area (Å²) in [6.45, 7) is 1.39. The summed E-state index contributed by atoms with van der Waals surface area (Å²) in [6.07, 6.45) is 1.06. The predicted molar refractivity (Wildman–Crippen MR) is 64.4 cm³/mol. The van der Waals surface area contributed by atoms with Gasteiger partial charge in [0.05, 0.1) is 6.20 Å². The number of likely N-dealkylation sites (N-methyl/N-ethyl adjacent to an activating group) is 2. The van der Waals surface area contributed by atoms with Gasteiger partial charge in [0.1, 0.15) is 11.6 Å². The van der Waals surface area contributed by atoms with E-state index in [2.05, 4.69) is 10.3 Å². The molecule has 1 aromatic rings. The highest BCUT2D eigenvalue weighted by atomic mass is 19.1. The molecular weight excluding hydrogens is 223 g/mol. The number of hydrogen-bond donors (Lipinski definition) is 1. The van der Waals surface area contributed by atoms with E-state index in [9.17, 15) is 9.18 Å². The summed E-state index contributed by atoms with van der Waals surface area (Å²) >= 11 is 0. The van der Waals surface area contributed by atoms with Gasteiger partial charge in [-0.25, -0.2) is 14.2 Å². The van der Waals surface area contributed by atoms with Crippen LogP contribution in [0.2, 0.25) is 0 Å². The molecule has 1 rings (SSSR count). The fourth-order valence-electron chi connectivity index (χ4n) is 1.11. The molecular formula is C11H17FN4O. The van der Waals surface area contributed by atoms with Crippen LogP contribution < -0.4 is 5.32 Å². The zero-order valence-electron chi connectivity index (χ0n) is 10.3. The Hall–Kier alpha value is -1.69. The van der Waals surface area contributed by atoms with Gasteiger partial charge >= 0.3 is 6.03 Å². The normalized spacial score (nSPS) is 10.4. The summed E-state index contributed by atoms with van der Waals surface area (Å²) in [5.74, 6) is -0.0861. The van der Waals surface area contributed by atoms with E-state index in [1.165, 1.54) is 12.1 Å². The lowest BCUT2D eigenvalue weighted by atomic mass is 10.4.